The van der Waals surface area contributed by atoms with Crippen LogP contribution in [0.3, 0.4) is 0 Å². The van der Waals surface area contributed by atoms with E-state index >= 15 is 0 Å². The van der Waals surface area contributed by atoms with Gasteiger partial charge in [0.05, 0.1) is 11.8 Å². The first-order valence-electron chi connectivity index (χ1n) is 5.94. The monoisotopic (exact) mass is 245 g/mol. The fourth-order valence-electron chi connectivity index (χ4n) is 2.29. The normalized spacial score (nSPS) is 19.8. The molecule has 94 valence electrons. The number of likely N-dealkylation sites (tertiary alicyclic amines) is 1. The van der Waals surface area contributed by atoms with E-state index in [1.807, 2.05) is 24.7 Å². The van der Waals surface area contributed by atoms with E-state index in [9.17, 15) is 4.79 Å². The van der Waals surface area contributed by atoms with Crippen LogP contribution in [0.1, 0.15) is 6.42 Å². The van der Waals surface area contributed by atoms with Crippen LogP contribution in [0.4, 0.5) is 5.82 Å². The van der Waals surface area contributed by atoms with Crippen molar-refractivity contribution in [2.24, 2.45) is 7.05 Å². The highest BCUT2D eigenvalue weighted by Gasteiger charge is 2.29. The molecule has 1 amide bonds. The van der Waals surface area contributed by atoms with E-state index in [2.05, 4.69) is 15.3 Å². The highest BCUT2D eigenvalue weighted by Crippen LogP contribution is 2.21. The number of aryl methyl sites for hydroxylation is 1. The van der Waals surface area contributed by atoms with Gasteiger partial charge in [0, 0.05) is 26.8 Å². The SMILES string of the molecule is CN1CCC(Nc2nccc3c2ncn3C)C1=O. The van der Waals surface area contributed by atoms with Crippen LogP contribution in [-0.2, 0) is 11.8 Å². The average molecular weight is 245 g/mol. The molecule has 0 bridgehead atoms. The number of aromatic nitrogens is 3. The Labute approximate surface area is 105 Å². The summed E-state index contributed by atoms with van der Waals surface area (Å²) in [6.07, 6.45) is 4.29. The number of rotatable bonds is 2. The Hall–Kier alpha value is -2.11. The summed E-state index contributed by atoms with van der Waals surface area (Å²) < 4.78 is 1.94. The molecule has 1 unspecified atom stereocenters. The molecule has 1 saturated heterocycles. The Morgan fingerprint density at radius 3 is 2.94 bits per heavy atom. The molecular weight excluding hydrogens is 230 g/mol. The Morgan fingerprint density at radius 2 is 2.22 bits per heavy atom. The van der Waals surface area contributed by atoms with Crippen molar-refractivity contribution in [3.05, 3.63) is 18.6 Å². The lowest BCUT2D eigenvalue weighted by Crippen LogP contribution is -2.31. The zero-order valence-corrected chi connectivity index (χ0v) is 10.4. The lowest BCUT2D eigenvalue weighted by Gasteiger charge is -2.12. The molecule has 6 nitrogen and oxygen atoms in total. The van der Waals surface area contributed by atoms with Crippen LogP contribution in [0.2, 0.25) is 0 Å². The van der Waals surface area contributed by atoms with E-state index in [-0.39, 0.29) is 11.9 Å². The van der Waals surface area contributed by atoms with Gasteiger partial charge in [0.2, 0.25) is 5.91 Å². The van der Waals surface area contributed by atoms with Gasteiger partial charge in [-0.05, 0) is 12.5 Å². The van der Waals surface area contributed by atoms with Gasteiger partial charge in [-0.15, -0.1) is 0 Å². The van der Waals surface area contributed by atoms with Gasteiger partial charge in [-0.1, -0.05) is 0 Å². The molecule has 1 N–H and O–H groups in total. The zero-order chi connectivity index (χ0) is 12.7. The first kappa shape index (κ1) is 11.0. The predicted octanol–water partition coefficient (Wildman–Crippen LogP) is 0.611. The third kappa shape index (κ3) is 1.61. The number of carbonyl (C=O) groups is 1. The third-order valence-electron chi connectivity index (χ3n) is 3.38. The van der Waals surface area contributed by atoms with Crippen molar-refractivity contribution in [2.75, 3.05) is 18.9 Å². The van der Waals surface area contributed by atoms with Gasteiger partial charge in [0.25, 0.3) is 0 Å². The highest BCUT2D eigenvalue weighted by molar-refractivity contribution is 5.91. The van der Waals surface area contributed by atoms with E-state index < -0.39 is 0 Å². The van der Waals surface area contributed by atoms with Crippen molar-refractivity contribution < 1.29 is 4.79 Å². The third-order valence-corrected chi connectivity index (χ3v) is 3.38. The van der Waals surface area contributed by atoms with E-state index in [0.717, 1.165) is 24.0 Å². The summed E-state index contributed by atoms with van der Waals surface area (Å²) in [4.78, 5) is 22.2. The molecule has 1 aliphatic rings. The standard InChI is InChI=1S/C12H15N5O/c1-16-6-4-8(12(16)18)15-11-10-9(3-5-13-11)17(2)7-14-10/h3,5,7-8H,4,6H2,1-2H3,(H,13,15). The lowest BCUT2D eigenvalue weighted by atomic mass is 10.2. The summed E-state index contributed by atoms with van der Waals surface area (Å²) in [5.41, 5.74) is 1.81. The largest absolute Gasteiger partial charge is 0.356 e. The number of hydrogen-bond donors (Lipinski definition) is 1. The van der Waals surface area contributed by atoms with E-state index in [0.29, 0.717) is 5.82 Å². The Kier molecular flexibility index (Phi) is 2.43. The topological polar surface area (TPSA) is 63.0 Å². The average Bonchev–Trinajstić information content (AvgIpc) is 2.89. The molecule has 0 aromatic carbocycles. The molecule has 1 atom stereocenters. The second-order valence-corrected chi connectivity index (χ2v) is 4.63. The number of nitrogens with one attached hydrogen (secondary N) is 1. The second-order valence-electron chi connectivity index (χ2n) is 4.63. The highest BCUT2D eigenvalue weighted by atomic mass is 16.2. The van der Waals surface area contributed by atoms with Gasteiger partial charge in [0.1, 0.15) is 11.6 Å². The number of nitrogens with zero attached hydrogens (tertiary/aromatic N) is 4. The number of amides is 1. The summed E-state index contributed by atoms with van der Waals surface area (Å²) in [6.45, 7) is 0.786. The summed E-state index contributed by atoms with van der Waals surface area (Å²) in [5, 5.41) is 3.20. The maximum Gasteiger partial charge on any atom is 0.244 e. The number of anilines is 1. The number of pyridine rings is 1. The fourth-order valence-corrected chi connectivity index (χ4v) is 2.29. The van der Waals surface area contributed by atoms with Gasteiger partial charge in [0.15, 0.2) is 5.82 Å². The van der Waals surface area contributed by atoms with E-state index in [1.165, 1.54) is 0 Å². The van der Waals surface area contributed by atoms with E-state index in [1.54, 1.807) is 17.4 Å². The molecule has 0 aliphatic carbocycles. The zero-order valence-electron chi connectivity index (χ0n) is 10.4. The molecule has 2 aromatic rings. The predicted molar refractivity (Wildman–Crippen MR) is 68.2 cm³/mol. The van der Waals surface area contributed by atoms with Crippen LogP contribution in [0, 0.1) is 0 Å². The van der Waals surface area contributed by atoms with Gasteiger partial charge in [-0.3, -0.25) is 4.79 Å². The molecule has 3 rings (SSSR count). The molecule has 2 aromatic heterocycles. The molecule has 1 aliphatic heterocycles. The maximum absolute atomic E-state index is 11.9. The maximum atomic E-state index is 11.9. The van der Waals surface area contributed by atoms with Crippen molar-refractivity contribution in [3.8, 4) is 0 Å². The smallest absolute Gasteiger partial charge is 0.244 e. The van der Waals surface area contributed by atoms with Crippen molar-refractivity contribution >= 4 is 22.8 Å². The molecule has 3 heterocycles. The molecule has 18 heavy (non-hydrogen) atoms. The van der Waals surface area contributed by atoms with Gasteiger partial charge in [-0.25, -0.2) is 9.97 Å². The molecule has 0 saturated carbocycles. The first-order chi connectivity index (χ1) is 8.66. The molecule has 6 heteroatoms. The minimum Gasteiger partial charge on any atom is -0.356 e. The van der Waals surface area contributed by atoms with Crippen molar-refractivity contribution in [2.45, 2.75) is 12.5 Å². The van der Waals surface area contributed by atoms with E-state index in [4.69, 9.17) is 0 Å². The number of imidazole rings is 1. The molecule has 0 radical (unpaired) electrons. The second kappa shape index (κ2) is 3.97. The van der Waals surface area contributed by atoms with Gasteiger partial charge in [-0.2, -0.15) is 0 Å². The Balaban J connectivity index is 1.93. The summed E-state index contributed by atoms with van der Waals surface area (Å²) in [7, 11) is 3.76. The molecule has 1 fully saturated rings. The van der Waals surface area contributed by atoms with Crippen LogP contribution in [0.5, 0.6) is 0 Å². The molecule has 0 spiro atoms. The van der Waals surface area contributed by atoms with Crippen LogP contribution in [0.25, 0.3) is 11.0 Å². The summed E-state index contributed by atoms with van der Waals surface area (Å²) >= 11 is 0. The summed E-state index contributed by atoms with van der Waals surface area (Å²) in [5.74, 6) is 0.798. The number of hydrogen-bond acceptors (Lipinski definition) is 4. The summed E-state index contributed by atoms with van der Waals surface area (Å²) in [6, 6.07) is 1.73. The van der Waals surface area contributed by atoms with Gasteiger partial charge >= 0.3 is 0 Å². The number of carbonyl (C=O) groups excluding carboxylic acids is 1. The van der Waals surface area contributed by atoms with Crippen LogP contribution < -0.4 is 5.32 Å². The van der Waals surface area contributed by atoms with Crippen LogP contribution in [0.15, 0.2) is 18.6 Å². The van der Waals surface area contributed by atoms with Crippen LogP contribution >= 0.6 is 0 Å². The van der Waals surface area contributed by atoms with Crippen molar-refractivity contribution in [3.63, 3.8) is 0 Å². The molecular formula is C12H15N5O. The van der Waals surface area contributed by atoms with Crippen LogP contribution in [-0.4, -0.2) is 45.0 Å². The minimum atomic E-state index is -0.185. The fraction of sp³-hybridized carbons (Fsp3) is 0.417. The Morgan fingerprint density at radius 1 is 1.39 bits per heavy atom. The lowest BCUT2D eigenvalue weighted by molar-refractivity contribution is -0.127. The van der Waals surface area contributed by atoms with Crippen molar-refractivity contribution in [1.82, 2.24) is 19.4 Å². The first-order valence-corrected chi connectivity index (χ1v) is 5.94. The van der Waals surface area contributed by atoms with Crippen molar-refractivity contribution in [1.29, 1.82) is 0 Å². The Bertz CT molecular complexity index is 606. The number of likely N-dealkylation sites (N-methyl/N-ethyl adjacent to an activating group) is 1. The number of fused-ring (bicyclic) bond motifs is 1. The van der Waals surface area contributed by atoms with Gasteiger partial charge < -0.3 is 14.8 Å². The minimum absolute atomic E-state index is 0.115. The quantitative estimate of drug-likeness (QED) is 0.842.